The molecule has 1 aromatic rings. The first-order chi connectivity index (χ1) is 9.87. The normalized spacial score (nSPS) is 18.3. The molecule has 2 rings (SSSR count). The van der Waals surface area contributed by atoms with Crippen molar-refractivity contribution in [1.82, 2.24) is 5.32 Å². The van der Waals surface area contributed by atoms with Gasteiger partial charge >= 0.3 is 0 Å². The van der Waals surface area contributed by atoms with E-state index in [9.17, 15) is 0 Å². The molecule has 1 aliphatic rings. The predicted molar refractivity (Wildman–Crippen MR) is 96.7 cm³/mol. The van der Waals surface area contributed by atoms with Gasteiger partial charge in [0.15, 0.2) is 0 Å². The lowest BCUT2D eigenvalue weighted by molar-refractivity contribution is 0.552. The molecular formula is C17H27ClN2S. The lowest BCUT2D eigenvalue weighted by Crippen LogP contribution is -2.43. The fourth-order valence-electron chi connectivity index (χ4n) is 2.61. The summed E-state index contributed by atoms with van der Waals surface area (Å²) in [6.07, 6.45) is 0. The highest BCUT2D eigenvalue weighted by Crippen LogP contribution is 2.33. The lowest BCUT2D eigenvalue weighted by Gasteiger charge is -2.39. The Balaban J connectivity index is 2.01. The van der Waals surface area contributed by atoms with Crippen molar-refractivity contribution in [2.45, 2.75) is 39.0 Å². The molecule has 1 heterocycles. The topological polar surface area (TPSA) is 15.3 Å². The summed E-state index contributed by atoms with van der Waals surface area (Å²) in [5.41, 5.74) is 2.44. The number of hydrogen-bond acceptors (Lipinski definition) is 3. The molecule has 118 valence electrons. The Morgan fingerprint density at radius 3 is 2.76 bits per heavy atom. The van der Waals surface area contributed by atoms with Crippen molar-refractivity contribution < 1.29 is 0 Å². The van der Waals surface area contributed by atoms with Crippen LogP contribution in [0, 0.1) is 5.92 Å². The quantitative estimate of drug-likeness (QED) is 0.862. The van der Waals surface area contributed by atoms with Crippen LogP contribution in [0.4, 0.5) is 5.69 Å². The summed E-state index contributed by atoms with van der Waals surface area (Å²) in [4.78, 5) is 2.45. The molecule has 21 heavy (non-hydrogen) atoms. The molecule has 0 aromatic heterocycles. The van der Waals surface area contributed by atoms with Crippen molar-refractivity contribution in [3.63, 3.8) is 0 Å². The molecule has 4 heteroatoms. The number of rotatable bonds is 5. The molecule has 2 nitrogen and oxygen atoms in total. The number of hydrogen-bond donors (Lipinski definition) is 1. The molecule has 0 aliphatic carbocycles. The second kappa shape index (κ2) is 7.26. The molecule has 0 unspecified atom stereocenters. The van der Waals surface area contributed by atoms with E-state index in [4.69, 9.17) is 11.6 Å². The molecule has 0 saturated carbocycles. The van der Waals surface area contributed by atoms with Gasteiger partial charge < -0.3 is 10.2 Å². The van der Waals surface area contributed by atoms with Gasteiger partial charge in [0.2, 0.25) is 0 Å². The van der Waals surface area contributed by atoms with Crippen LogP contribution in [-0.2, 0) is 6.54 Å². The van der Waals surface area contributed by atoms with E-state index in [1.807, 2.05) is 0 Å². The highest BCUT2D eigenvalue weighted by atomic mass is 35.5. The van der Waals surface area contributed by atoms with E-state index in [2.05, 4.69) is 67.9 Å². The molecule has 0 spiro atoms. The molecule has 1 saturated heterocycles. The zero-order valence-corrected chi connectivity index (χ0v) is 15.2. The summed E-state index contributed by atoms with van der Waals surface area (Å²) >= 11 is 8.52. The van der Waals surface area contributed by atoms with Crippen LogP contribution < -0.4 is 10.2 Å². The van der Waals surface area contributed by atoms with Crippen LogP contribution in [0.2, 0.25) is 5.02 Å². The summed E-state index contributed by atoms with van der Waals surface area (Å²) in [7, 11) is 0. The number of anilines is 1. The maximum Gasteiger partial charge on any atom is 0.0471 e. The third kappa shape index (κ3) is 5.08. The van der Waals surface area contributed by atoms with Crippen LogP contribution in [0.25, 0.3) is 0 Å². The minimum Gasteiger partial charge on any atom is -0.369 e. The van der Waals surface area contributed by atoms with E-state index in [-0.39, 0.29) is 0 Å². The minimum atomic E-state index is 0.322. The van der Waals surface area contributed by atoms with Gasteiger partial charge in [-0.3, -0.25) is 0 Å². The van der Waals surface area contributed by atoms with Crippen molar-refractivity contribution in [3.8, 4) is 0 Å². The van der Waals surface area contributed by atoms with Gasteiger partial charge in [0.05, 0.1) is 0 Å². The van der Waals surface area contributed by atoms with Crippen molar-refractivity contribution in [2.75, 3.05) is 30.3 Å². The predicted octanol–water partition coefficient (Wildman–Crippen LogP) is 4.42. The van der Waals surface area contributed by atoms with Crippen LogP contribution in [-0.4, -0.2) is 30.1 Å². The van der Waals surface area contributed by atoms with E-state index < -0.39 is 0 Å². The first-order valence-corrected chi connectivity index (χ1v) is 9.12. The minimum absolute atomic E-state index is 0.322. The number of nitrogens with zero attached hydrogens (tertiary/aromatic N) is 1. The monoisotopic (exact) mass is 326 g/mol. The molecule has 1 N–H and O–H groups in total. The van der Waals surface area contributed by atoms with Gasteiger partial charge in [-0.2, -0.15) is 11.8 Å². The van der Waals surface area contributed by atoms with Gasteiger partial charge in [-0.1, -0.05) is 31.5 Å². The average molecular weight is 327 g/mol. The smallest absolute Gasteiger partial charge is 0.0471 e. The van der Waals surface area contributed by atoms with E-state index in [1.54, 1.807) is 0 Å². The van der Waals surface area contributed by atoms with Crippen LogP contribution in [0.1, 0.15) is 33.3 Å². The highest BCUT2D eigenvalue weighted by Gasteiger charge is 2.27. The van der Waals surface area contributed by atoms with Gasteiger partial charge in [0.25, 0.3) is 0 Å². The largest absolute Gasteiger partial charge is 0.369 e. The summed E-state index contributed by atoms with van der Waals surface area (Å²) in [6.45, 7) is 13.1. The first-order valence-electron chi connectivity index (χ1n) is 7.75. The third-order valence-corrected chi connectivity index (χ3v) is 5.34. The van der Waals surface area contributed by atoms with Crippen molar-refractivity contribution in [3.05, 3.63) is 28.8 Å². The Morgan fingerprint density at radius 1 is 1.38 bits per heavy atom. The molecular weight excluding hydrogens is 300 g/mol. The maximum absolute atomic E-state index is 6.46. The summed E-state index contributed by atoms with van der Waals surface area (Å²) in [5.74, 6) is 1.85. The number of benzene rings is 1. The standard InChI is InChI=1S/C17H27ClN2S/c1-13(2)10-19-11-14-5-6-15(9-16(14)18)20-7-8-21-17(3,4)12-20/h5-6,9,13,19H,7-8,10-12H2,1-4H3. The molecule has 0 bridgehead atoms. The first kappa shape index (κ1) is 17.0. The molecule has 1 fully saturated rings. The Bertz CT molecular complexity index is 474. The summed E-state index contributed by atoms with van der Waals surface area (Å²) < 4.78 is 0.322. The van der Waals surface area contributed by atoms with Crippen molar-refractivity contribution >= 4 is 29.1 Å². The van der Waals surface area contributed by atoms with Gasteiger partial charge in [0, 0.05) is 40.8 Å². The fourth-order valence-corrected chi connectivity index (χ4v) is 3.96. The molecule has 0 radical (unpaired) electrons. The molecule has 0 amide bonds. The maximum atomic E-state index is 6.46. The average Bonchev–Trinajstić information content (AvgIpc) is 2.39. The Labute approximate surface area is 138 Å². The molecule has 1 aliphatic heterocycles. The summed E-state index contributed by atoms with van der Waals surface area (Å²) in [6, 6.07) is 6.50. The van der Waals surface area contributed by atoms with Crippen LogP contribution in [0.5, 0.6) is 0 Å². The van der Waals surface area contributed by atoms with Gasteiger partial charge in [-0.25, -0.2) is 0 Å². The van der Waals surface area contributed by atoms with Crippen LogP contribution in [0.3, 0.4) is 0 Å². The Morgan fingerprint density at radius 2 is 2.14 bits per heavy atom. The number of thioether (sulfide) groups is 1. The zero-order chi connectivity index (χ0) is 15.5. The Kier molecular flexibility index (Phi) is 5.87. The number of nitrogens with one attached hydrogen (secondary N) is 1. The zero-order valence-electron chi connectivity index (χ0n) is 13.6. The van der Waals surface area contributed by atoms with Gasteiger partial charge in [0.1, 0.15) is 0 Å². The molecule has 1 aromatic carbocycles. The van der Waals surface area contributed by atoms with E-state index in [0.29, 0.717) is 10.7 Å². The van der Waals surface area contributed by atoms with Gasteiger partial charge in [-0.05, 0) is 44.0 Å². The second-order valence-corrected chi connectivity index (χ2v) is 9.04. The second-order valence-electron chi connectivity index (χ2n) is 6.83. The SMILES string of the molecule is CC(C)CNCc1ccc(N2CCSC(C)(C)C2)cc1Cl. The van der Waals surface area contributed by atoms with Gasteiger partial charge in [-0.15, -0.1) is 0 Å². The lowest BCUT2D eigenvalue weighted by atomic mass is 10.1. The third-order valence-electron chi connectivity index (χ3n) is 3.70. The fraction of sp³-hybridized carbons (Fsp3) is 0.647. The summed E-state index contributed by atoms with van der Waals surface area (Å²) in [5, 5.41) is 4.33. The van der Waals surface area contributed by atoms with Crippen LogP contribution >= 0.6 is 23.4 Å². The van der Waals surface area contributed by atoms with Crippen molar-refractivity contribution in [2.24, 2.45) is 5.92 Å². The molecule has 0 atom stereocenters. The van der Waals surface area contributed by atoms with Crippen LogP contribution in [0.15, 0.2) is 18.2 Å². The number of halogens is 1. The van der Waals surface area contributed by atoms with E-state index in [0.717, 1.165) is 31.2 Å². The van der Waals surface area contributed by atoms with E-state index >= 15 is 0 Å². The Hall–Kier alpha value is -0.380. The van der Waals surface area contributed by atoms with Crippen molar-refractivity contribution in [1.29, 1.82) is 0 Å². The highest BCUT2D eigenvalue weighted by molar-refractivity contribution is 8.00. The van der Waals surface area contributed by atoms with E-state index in [1.165, 1.54) is 17.0 Å².